The van der Waals surface area contributed by atoms with E-state index in [4.69, 9.17) is 15.2 Å². The molecular formula is C18H22ClFN2O3. The van der Waals surface area contributed by atoms with Gasteiger partial charge in [0.2, 0.25) is 5.91 Å². The third kappa shape index (κ3) is 4.84. The van der Waals surface area contributed by atoms with Crippen molar-refractivity contribution in [3.05, 3.63) is 53.8 Å². The SMILES string of the molecule is COc1cc(F)c(NC(=O)C(C)C(N)c2ccccc2)cc1OC.Cl. The molecule has 2 aromatic rings. The zero-order valence-corrected chi connectivity index (χ0v) is 15.1. The number of rotatable bonds is 6. The second-order valence-electron chi connectivity index (χ2n) is 5.40. The average molecular weight is 369 g/mol. The minimum absolute atomic E-state index is 0. The summed E-state index contributed by atoms with van der Waals surface area (Å²) in [6, 6.07) is 11.3. The summed E-state index contributed by atoms with van der Waals surface area (Å²) >= 11 is 0. The number of ether oxygens (including phenoxy) is 2. The maximum atomic E-state index is 14.1. The fourth-order valence-corrected chi connectivity index (χ4v) is 2.32. The van der Waals surface area contributed by atoms with Crippen molar-refractivity contribution in [3.8, 4) is 11.5 Å². The number of anilines is 1. The second kappa shape index (κ2) is 9.25. The number of hydrogen-bond acceptors (Lipinski definition) is 4. The van der Waals surface area contributed by atoms with Gasteiger partial charge in [0.15, 0.2) is 17.3 Å². The molecule has 0 aliphatic carbocycles. The zero-order valence-electron chi connectivity index (χ0n) is 14.3. The van der Waals surface area contributed by atoms with Gasteiger partial charge in [0.25, 0.3) is 0 Å². The van der Waals surface area contributed by atoms with Gasteiger partial charge in [-0.05, 0) is 5.56 Å². The molecule has 0 spiro atoms. The summed E-state index contributed by atoms with van der Waals surface area (Å²) < 4.78 is 24.3. The third-order valence-electron chi connectivity index (χ3n) is 3.87. The molecule has 0 saturated carbocycles. The van der Waals surface area contributed by atoms with Crippen molar-refractivity contribution in [1.29, 1.82) is 0 Å². The third-order valence-corrected chi connectivity index (χ3v) is 3.87. The number of halogens is 2. The maximum Gasteiger partial charge on any atom is 0.229 e. The number of methoxy groups -OCH3 is 2. The Morgan fingerprint density at radius 1 is 1.12 bits per heavy atom. The number of benzene rings is 2. The van der Waals surface area contributed by atoms with Gasteiger partial charge >= 0.3 is 0 Å². The molecule has 0 bridgehead atoms. The first-order valence-electron chi connectivity index (χ1n) is 7.50. The summed E-state index contributed by atoms with van der Waals surface area (Å²) in [5, 5.41) is 2.56. The molecule has 2 atom stereocenters. The van der Waals surface area contributed by atoms with E-state index in [1.165, 1.54) is 20.3 Å². The van der Waals surface area contributed by atoms with Gasteiger partial charge in [-0.25, -0.2) is 4.39 Å². The smallest absolute Gasteiger partial charge is 0.229 e. The van der Waals surface area contributed by atoms with Crippen molar-refractivity contribution < 1.29 is 18.7 Å². The van der Waals surface area contributed by atoms with E-state index in [0.29, 0.717) is 5.75 Å². The lowest BCUT2D eigenvalue weighted by molar-refractivity contribution is -0.120. The van der Waals surface area contributed by atoms with Gasteiger partial charge in [0.05, 0.1) is 25.8 Å². The molecular weight excluding hydrogens is 347 g/mol. The summed E-state index contributed by atoms with van der Waals surface area (Å²) in [5.41, 5.74) is 6.99. The lowest BCUT2D eigenvalue weighted by atomic mass is 9.94. The molecule has 2 unspecified atom stereocenters. The van der Waals surface area contributed by atoms with Gasteiger partial charge in [0, 0.05) is 18.2 Å². The highest BCUT2D eigenvalue weighted by molar-refractivity contribution is 5.93. The van der Waals surface area contributed by atoms with Crippen LogP contribution in [0.4, 0.5) is 10.1 Å². The van der Waals surface area contributed by atoms with Crippen LogP contribution < -0.4 is 20.5 Å². The highest BCUT2D eigenvalue weighted by Crippen LogP contribution is 2.33. The maximum absolute atomic E-state index is 14.1. The van der Waals surface area contributed by atoms with E-state index in [2.05, 4.69) is 5.32 Å². The van der Waals surface area contributed by atoms with Crippen molar-refractivity contribution in [2.45, 2.75) is 13.0 Å². The number of nitrogens with one attached hydrogen (secondary N) is 1. The van der Waals surface area contributed by atoms with Gasteiger partial charge < -0.3 is 20.5 Å². The number of carbonyl (C=O) groups is 1. The van der Waals surface area contributed by atoms with Crippen LogP contribution in [-0.2, 0) is 4.79 Å². The Morgan fingerprint density at radius 3 is 2.24 bits per heavy atom. The second-order valence-corrected chi connectivity index (χ2v) is 5.40. The molecule has 0 aromatic heterocycles. The molecule has 7 heteroatoms. The Bertz CT molecular complexity index is 713. The Balaban J connectivity index is 0.00000312. The topological polar surface area (TPSA) is 73.6 Å². The molecule has 1 amide bonds. The number of hydrogen-bond donors (Lipinski definition) is 2. The molecule has 0 aliphatic heterocycles. The lowest BCUT2D eigenvalue weighted by Gasteiger charge is -2.20. The fraction of sp³-hybridized carbons (Fsp3) is 0.278. The van der Waals surface area contributed by atoms with Crippen LogP contribution in [0, 0.1) is 11.7 Å². The van der Waals surface area contributed by atoms with E-state index >= 15 is 0 Å². The largest absolute Gasteiger partial charge is 0.493 e. The van der Waals surface area contributed by atoms with E-state index in [0.717, 1.165) is 11.6 Å². The van der Waals surface area contributed by atoms with Crippen LogP contribution in [-0.4, -0.2) is 20.1 Å². The first-order valence-corrected chi connectivity index (χ1v) is 7.50. The molecule has 0 aliphatic rings. The van der Waals surface area contributed by atoms with Crippen LogP contribution in [0.1, 0.15) is 18.5 Å². The van der Waals surface area contributed by atoms with Crippen LogP contribution in [0.2, 0.25) is 0 Å². The van der Waals surface area contributed by atoms with E-state index in [-0.39, 0.29) is 29.8 Å². The van der Waals surface area contributed by atoms with Crippen molar-refractivity contribution >= 4 is 24.0 Å². The number of nitrogens with two attached hydrogens (primary N) is 1. The van der Waals surface area contributed by atoms with Crippen LogP contribution in [0.3, 0.4) is 0 Å². The molecule has 2 aromatic carbocycles. The molecule has 3 N–H and O–H groups in total. The van der Waals surface area contributed by atoms with Crippen LogP contribution in [0.5, 0.6) is 11.5 Å². The zero-order chi connectivity index (χ0) is 17.7. The first-order chi connectivity index (χ1) is 11.5. The Morgan fingerprint density at radius 2 is 1.68 bits per heavy atom. The summed E-state index contributed by atoms with van der Waals surface area (Å²) in [6.07, 6.45) is 0. The predicted octanol–water partition coefficient (Wildman–Crippen LogP) is 3.54. The van der Waals surface area contributed by atoms with Crippen molar-refractivity contribution in [3.63, 3.8) is 0 Å². The highest BCUT2D eigenvalue weighted by Gasteiger charge is 2.23. The average Bonchev–Trinajstić information content (AvgIpc) is 2.62. The molecule has 25 heavy (non-hydrogen) atoms. The summed E-state index contributed by atoms with van der Waals surface area (Å²) in [7, 11) is 2.85. The Hall–Kier alpha value is -2.31. The van der Waals surface area contributed by atoms with Crippen LogP contribution in [0.25, 0.3) is 0 Å². The number of carbonyl (C=O) groups excluding carboxylic acids is 1. The van der Waals surface area contributed by atoms with Crippen molar-refractivity contribution in [2.24, 2.45) is 11.7 Å². The van der Waals surface area contributed by atoms with E-state index < -0.39 is 17.8 Å². The van der Waals surface area contributed by atoms with Gasteiger partial charge in [0.1, 0.15) is 0 Å². The van der Waals surface area contributed by atoms with Crippen LogP contribution in [0.15, 0.2) is 42.5 Å². The summed E-state index contributed by atoms with van der Waals surface area (Å²) in [5.74, 6) is -0.949. The minimum atomic E-state index is -0.610. The van der Waals surface area contributed by atoms with Crippen molar-refractivity contribution in [1.82, 2.24) is 0 Å². The Kier molecular flexibility index (Phi) is 7.67. The molecule has 5 nitrogen and oxygen atoms in total. The van der Waals surface area contributed by atoms with Gasteiger partial charge in [-0.1, -0.05) is 37.3 Å². The van der Waals surface area contributed by atoms with Crippen LogP contribution >= 0.6 is 12.4 Å². The van der Waals surface area contributed by atoms with E-state index in [1.54, 1.807) is 6.92 Å². The van der Waals surface area contributed by atoms with E-state index in [9.17, 15) is 9.18 Å². The summed E-state index contributed by atoms with van der Waals surface area (Å²) in [4.78, 5) is 12.4. The molecule has 136 valence electrons. The molecule has 0 radical (unpaired) electrons. The predicted molar refractivity (Wildman–Crippen MR) is 97.9 cm³/mol. The Labute approximate surface area is 152 Å². The van der Waals surface area contributed by atoms with Gasteiger partial charge in [-0.15, -0.1) is 12.4 Å². The molecule has 0 heterocycles. The lowest BCUT2D eigenvalue weighted by Crippen LogP contribution is -2.30. The standard InChI is InChI=1S/C18H21FN2O3.ClH/c1-11(17(20)12-7-5-4-6-8-12)18(22)21-14-10-16(24-3)15(23-2)9-13(14)19;/h4-11,17H,20H2,1-3H3,(H,21,22);1H. The highest BCUT2D eigenvalue weighted by atomic mass is 35.5. The first kappa shape index (κ1) is 20.7. The normalized spacial score (nSPS) is 12.5. The quantitative estimate of drug-likeness (QED) is 0.817. The molecule has 0 fully saturated rings. The molecule has 0 saturated heterocycles. The van der Waals surface area contributed by atoms with Crippen molar-refractivity contribution in [2.75, 3.05) is 19.5 Å². The van der Waals surface area contributed by atoms with E-state index in [1.807, 2.05) is 30.3 Å². The summed E-state index contributed by atoms with van der Waals surface area (Å²) in [6.45, 7) is 1.70. The number of amides is 1. The van der Waals surface area contributed by atoms with Gasteiger partial charge in [-0.3, -0.25) is 4.79 Å². The monoisotopic (exact) mass is 368 g/mol. The molecule has 2 rings (SSSR count). The van der Waals surface area contributed by atoms with Gasteiger partial charge in [-0.2, -0.15) is 0 Å². The minimum Gasteiger partial charge on any atom is -0.493 e. The fourth-order valence-electron chi connectivity index (χ4n) is 2.32.